The van der Waals surface area contributed by atoms with E-state index in [1.807, 2.05) is 6.92 Å². The Bertz CT molecular complexity index is 867. The number of fused-ring (bicyclic) bond motifs is 1. The SMILES string of the molecule is Cc1ccc(Cl)c2nc([C@H](C)N)n(-c3ccn[nH]3)c(=O)c12. The average Bonchev–Trinajstić information content (AvgIpc) is 2.95. The molecule has 0 saturated carbocycles. The molecule has 0 unspecified atom stereocenters. The van der Waals surface area contributed by atoms with Crippen LogP contribution in [-0.2, 0) is 0 Å². The van der Waals surface area contributed by atoms with Gasteiger partial charge in [-0.25, -0.2) is 9.55 Å². The zero-order valence-corrected chi connectivity index (χ0v) is 12.3. The molecule has 1 aromatic carbocycles. The molecule has 0 fully saturated rings. The Labute approximate surface area is 125 Å². The first kappa shape index (κ1) is 13.8. The molecule has 0 bridgehead atoms. The summed E-state index contributed by atoms with van der Waals surface area (Å²) < 4.78 is 1.45. The summed E-state index contributed by atoms with van der Waals surface area (Å²) in [5.74, 6) is 0.963. The molecule has 2 aromatic heterocycles. The highest BCUT2D eigenvalue weighted by atomic mass is 35.5. The molecule has 3 rings (SSSR count). The lowest BCUT2D eigenvalue weighted by Crippen LogP contribution is -2.28. The predicted molar refractivity (Wildman–Crippen MR) is 81.8 cm³/mol. The van der Waals surface area contributed by atoms with Gasteiger partial charge in [-0.2, -0.15) is 5.10 Å². The van der Waals surface area contributed by atoms with Crippen molar-refractivity contribution >= 4 is 22.5 Å². The van der Waals surface area contributed by atoms with E-state index in [2.05, 4.69) is 15.2 Å². The molecule has 0 aliphatic carbocycles. The van der Waals surface area contributed by atoms with Crippen LogP contribution in [0.25, 0.3) is 16.7 Å². The summed E-state index contributed by atoms with van der Waals surface area (Å²) in [6.07, 6.45) is 1.57. The van der Waals surface area contributed by atoms with Crippen LogP contribution in [0.3, 0.4) is 0 Å². The van der Waals surface area contributed by atoms with Gasteiger partial charge in [0.25, 0.3) is 5.56 Å². The lowest BCUT2D eigenvalue weighted by molar-refractivity contribution is 0.687. The van der Waals surface area contributed by atoms with Crippen molar-refractivity contribution in [3.8, 4) is 5.82 Å². The number of aromatic amines is 1. The third kappa shape index (κ3) is 2.12. The molecule has 0 aliphatic heterocycles. The molecule has 6 nitrogen and oxygen atoms in total. The Hall–Kier alpha value is -2.18. The highest BCUT2D eigenvalue weighted by Gasteiger charge is 2.18. The van der Waals surface area contributed by atoms with Crippen LogP contribution in [0.5, 0.6) is 0 Å². The fourth-order valence-corrected chi connectivity index (χ4v) is 2.54. The number of benzene rings is 1. The van der Waals surface area contributed by atoms with Gasteiger partial charge in [0.2, 0.25) is 0 Å². The Kier molecular flexibility index (Phi) is 3.27. The lowest BCUT2D eigenvalue weighted by Gasteiger charge is -2.15. The zero-order chi connectivity index (χ0) is 15.1. The van der Waals surface area contributed by atoms with Crippen molar-refractivity contribution in [2.24, 2.45) is 5.73 Å². The van der Waals surface area contributed by atoms with E-state index in [1.54, 1.807) is 31.3 Å². The van der Waals surface area contributed by atoms with E-state index in [9.17, 15) is 4.79 Å². The minimum absolute atomic E-state index is 0.212. The standard InChI is InChI=1S/C14H14ClN5O/c1-7-3-4-9(15)12-11(7)14(21)20(10-5-6-17-19-10)13(18-12)8(2)16/h3-6,8H,16H2,1-2H3,(H,17,19)/t8-/m0/s1. The second-order valence-corrected chi connectivity index (χ2v) is 5.34. The monoisotopic (exact) mass is 303 g/mol. The van der Waals surface area contributed by atoms with Crippen molar-refractivity contribution < 1.29 is 0 Å². The largest absolute Gasteiger partial charge is 0.322 e. The molecule has 108 valence electrons. The van der Waals surface area contributed by atoms with Gasteiger partial charge in [-0.15, -0.1) is 0 Å². The van der Waals surface area contributed by atoms with Crippen LogP contribution in [0, 0.1) is 6.92 Å². The number of hydrogen-bond acceptors (Lipinski definition) is 4. The minimum atomic E-state index is -0.429. The lowest BCUT2D eigenvalue weighted by atomic mass is 10.1. The van der Waals surface area contributed by atoms with Gasteiger partial charge in [0.15, 0.2) is 0 Å². The van der Waals surface area contributed by atoms with E-state index < -0.39 is 6.04 Å². The maximum absolute atomic E-state index is 12.9. The number of aryl methyl sites for hydroxylation is 1. The Morgan fingerprint density at radius 3 is 2.76 bits per heavy atom. The highest BCUT2D eigenvalue weighted by Crippen LogP contribution is 2.24. The fraction of sp³-hybridized carbons (Fsp3) is 0.214. The van der Waals surface area contributed by atoms with Crippen LogP contribution in [0.1, 0.15) is 24.4 Å². The Morgan fingerprint density at radius 2 is 2.14 bits per heavy atom. The van der Waals surface area contributed by atoms with Crippen molar-refractivity contribution in [3.63, 3.8) is 0 Å². The molecule has 0 aliphatic rings. The Balaban J connectivity index is 2.52. The summed E-state index contributed by atoms with van der Waals surface area (Å²) in [4.78, 5) is 17.4. The van der Waals surface area contributed by atoms with E-state index in [0.29, 0.717) is 27.6 Å². The number of H-pyrrole nitrogens is 1. The van der Waals surface area contributed by atoms with Crippen LogP contribution < -0.4 is 11.3 Å². The van der Waals surface area contributed by atoms with Gasteiger partial charge in [0.05, 0.1) is 28.2 Å². The zero-order valence-electron chi connectivity index (χ0n) is 11.6. The van der Waals surface area contributed by atoms with Gasteiger partial charge in [-0.3, -0.25) is 9.89 Å². The third-order valence-electron chi connectivity index (χ3n) is 3.34. The van der Waals surface area contributed by atoms with Crippen molar-refractivity contribution in [2.45, 2.75) is 19.9 Å². The predicted octanol–water partition coefficient (Wildman–Crippen LogP) is 2.09. The summed E-state index contributed by atoms with van der Waals surface area (Å²) in [5.41, 5.74) is 7.05. The second kappa shape index (κ2) is 4.98. The molecule has 0 saturated heterocycles. The van der Waals surface area contributed by atoms with Crippen LogP contribution in [0.2, 0.25) is 5.02 Å². The number of hydrogen-bond donors (Lipinski definition) is 2. The quantitative estimate of drug-likeness (QED) is 0.758. The van der Waals surface area contributed by atoms with Crippen LogP contribution in [-0.4, -0.2) is 19.7 Å². The molecule has 0 radical (unpaired) electrons. The molecule has 1 atom stereocenters. The van der Waals surface area contributed by atoms with E-state index in [-0.39, 0.29) is 5.56 Å². The average molecular weight is 304 g/mol. The molecule has 3 aromatic rings. The van der Waals surface area contributed by atoms with Gasteiger partial charge in [-0.1, -0.05) is 17.7 Å². The first-order chi connectivity index (χ1) is 10.0. The fourth-order valence-electron chi connectivity index (χ4n) is 2.34. The maximum atomic E-state index is 12.9. The summed E-state index contributed by atoms with van der Waals surface area (Å²) >= 11 is 6.18. The van der Waals surface area contributed by atoms with Crippen molar-refractivity contribution in [1.82, 2.24) is 19.7 Å². The van der Waals surface area contributed by atoms with Crippen LogP contribution in [0.15, 0.2) is 29.2 Å². The van der Waals surface area contributed by atoms with Gasteiger partial charge in [-0.05, 0) is 25.5 Å². The van der Waals surface area contributed by atoms with Crippen LogP contribution in [0.4, 0.5) is 0 Å². The number of nitrogens with one attached hydrogen (secondary N) is 1. The van der Waals surface area contributed by atoms with Gasteiger partial charge >= 0.3 is 0 Å². The molecule has 0 amide bonds. The van der Waals surface area contributed by atoms with Gasteiger partial charge in [0.1, 0.15) is 11.6 Å². The molecular weight excluding hydrogens is 290 g/mol. The number of nitrogens with two attached hydrogens (primary N) is 1. The second-order valence-electron chi connectivity index (χ2n) is 4.93. The molecule has 7 heteroatoms. The van der Waals surface area contributed by atoms with Crippen molar-refractivity contribution in [3.05, 3.63) is 51.2 Å². The number of rotatable bonds is 2. The molecular formula is C14H14ClN5O. The molecule has 3 N–H and O–H groups in total. The summed E-state index contributed by atoms with van der Waals surface area (Å²) in [6, 6.07) is 4.80. The summed E-state index contributed by atoms with van der Waals surface area (Å²) in [6.45, 7) is 3.62. The third-order valence-corrected chi connectivity index (χ3v) is 3.65. The molecule has 21 heavy (non-hydrogen) atoms. The number of halogens is 1. The number of aromatic nitrogens is 4. The smallest absolute Gasteiger partial charge is 0.267 e. The van der Waals surface area contributed by atoms with Gasteiger partial charge in [0, 0.05) is 6.07 Å². The van der Waals surface area contributed by atoms with Gasteiger partial charge < -0.3 is 5.73 Å². The first-order valence-corrected chi connectivity index (χ1v) is 6.85. The first-order valence-electron chi connectivity index (χ1n) is 6.47. The summed E-state index contributed by atoms with van der Waals surface area (Å²) in [5, 5.41) is 7.58. The van der Waals surface area contributed by atoms with E-state index in [0.717, 1.165) is 5.56 Å². The van der Waals surface area contributed by atoms with Crippen molar-refractivity contribution in [1.29, 1.82) is 0 Å². The van der Waals surface area contributed by atoms with E-state index in [4.69, 9.17) is 17.3 Å². The Morgan fingerprint density at radius 1 is 1.38 bits per heavy atom. The number of nitrogens with zero attached hydrogens (tertiary/aromatic N) is 3. The van der Waals surface area contributed by atoms with E-state index in [1.165, 1.54) is 4.57 Å². The minimum Gasteiger partial charge on any atom is -0.322 e. The molecule has 2 heterocycles. The highest BCUT2D eigenvalue weighted by molar-refractivity contribution is 6.35. The molecule has 0 spiro atoms. The summed E-state index contributed by atoms with van der Waals surface area (Å²) in [7, 11) is 0. The maximum Gasteiger partial charge on any atom is 0.267 e. The van der Waals surface area contributed by atoms with Crippen LogP contribution >= 0.6 is 11.6 Å². The normalized spacial score (nSPS) is 12.8. The van der Waals surface area contributed by atoms with Crippen molar-refractivity contribution in [2.75, 3.05) is 0 Å². The topological polar surface area (TPSA) is 89.6 Å². The van der Waals surface area contributed by atoms with E-state index >= 15 is 0 Å².